The highest BCUT2D eigenvalue weighted by Crippen LogP contribution is 2.33. The van der Waals surface area contributed by atoms with Gasteiger partial charge in [-0.3, -0.25) is 4.79 Å². The van der Waals surface area contributed by atoms with Crippen LogP contribution in [0.15, 0.2) is 12.1 Å². The Kier molecular flexibility index (Phi) is 4.54. The number of anilines is 1. The van der Waals surface area contributed by atoms with E-state index in [-0.39, 0.29) is 5.91 Å². The third kappa shape index (κ3) is 2.92. The normalized spacial score (nSPS) is 15.6. The Balaban J connectivity index is 1.74. The number of piperazine rings is 1. The topological polar surface area (TPSA) is 36.4 Å². The summed E-state index contributed by atoms with van der Waals surface area (Å²) in [6, 6.07) is 3.97. The SMILES string of the molecule is CCCC(=O)N1CCN(c2nc3c(C)c(Cl)ccc3s2)CC1. The van der Waals surface area contributed by atoms with Crippen molar-refractivity contribution in [1.29, 1.82) is 0 Å². The van der Waals surface area contributed by atoms with Gasteiger partial charge in [-0.05, 0) is 31.0 Å². The minimum atomic E-state index is 0.272. The van der Waals surface area contributed by atoms with Crippen LogP contribution in [0, 0.1) is 6.92 Å². The number of amides is 1. The van der Waals surface area contributed by atoms with Gasteiger partial charge in [-0.25, -0.2) is 4.98 Å². The lowest BCUT2D eigenvalue weighted by Crippen LogP contribution is -2.48. The largest absolute Gasteiger partial charge is 0.345 e. The minimum Gasteiger partial charge on any atom is -0.345 e. The Morgan fingerprint density at radius 3 is 2.73 bits per heavy atom. The van der Waals surface area contributed by atoms with Crippen LogP contribution in [0.5, 0.6) is 0 Å². The van der Waals surface area contributed by atoms with E-state index in [2.05, 4.69) is 4.90 Å². The summed E-state index contributed by atoms with van der Waals surface area (Å²) in [6.07, 6.45) is 1.57. The van der Waals surface area contributed by atoms with Crippen molar-refractivity contribution in [2.24, 2.45) is 0 Å². The van der Waals surface area contributed by atoms with E-state index in [0.29, 0.717) is 6.42 Å². The van der Waals surface area contributed by atoms with E-state index in [4.69, 9.17) is 16.6 Å². The van der Waals surface area contributed by atoms with Gasteiger partial charge >= 0.3 is 0 Å². The van der Waals surface area contributed by atoms with E-state index < -0.39 is 0 Å². The van der Waals surface area contributed by atoms with Crippen LogP contribution < -0.4 is 4.90 Å². The second kappa shape index (κ2) is 6.42. The van der Waals surface area contributed by atoms with Crippen LogP contribution in [0.4, 0.5) is 5.13 Å². The molecule has 0 bridgehead atoms. The minimum absolute atomic E-state index is 0.272. The molecule has 3 rings (SSSR count). The van der Waals surface area contributed by atoms with Crippen molar-refractivity contribution in [1.82, 2.24) is 9.88 Å². The molecule has 1 aliphatic rings. The molecule has 0 radical (unpaired) electrons. The van der Waals surface area contributed by atoms with Gasteiger partial charge < -0.3 is 9.80 Å². The first-order valence-corrected chi connectivity index (χ1v) is 8.88. The maximum absolute atomic E-state index is 11.9. The number of benzene rings is 1. The average molecular weight is 338 g/mol. The molecule has 2 aromatic rings. The first kappa shape index (κ1) is 15.6. The zero-order valence-corrected chi connectivity index (χ0v) is 14.5. The lowest BCUT2D eigenvalue weighted by Gasteiger charge is -2.34. The van der Waals surface area contributed by atoms with Crippen LogP contribution in [0.25, 0.3) is 10.2 Å². The zero-order chi connectivity index (χ0) is 15.7. The summed E-state index contributed by atoms with van der Waals surface area (Å²) in [5, 5.41) is 1.79. The van der Waals surface area contributed by atoms with Crippen molar-refractivity contribution in [3.05, 3.63) is 22.7 Å². The predicted octanol–water partition coefficient (Wildman–Crippen LogP) is 3.71. The molecule has 0 spiro atoms. The molecule has 1 fully saturated rings. The second-order valence-electron chi connectivity index (χ2n) is 5.63. The number of thiazole rings is 1. The average Bonchev–Trinajstić information content (AvgIpc) is 2.96. The lowest BCUT2D eigenvalue weighted by atomic mass is 10.2. The Morgan fingerprint density at radius 2 is 2.05 bits per heavy atom. The smallest absolute Gasteiger partial charge is 0.222 e. The summed E-state index contributed by atoms with van der Waals surface area (Å²) in [5.74, 6) is 0.272. The van der Waals surface area contributed by atoms with Gasteiger partial charge in [0.1, 0.15) is 0 Å². The Morgan fingerprint density at radius 1 is 1.32 bits per heavy atom. The van der Waals surface area contributed by atoms with Gasteiger partial charge in [0.25, 0.3) is 0 Å². The summed E-state index contributed by atoms with van der Waals surface area (Å²) in [7, 11) is 0. The molecule has 0 saturated carbocycles. The fourth-order valence-corrected chi connectivity index (χ4v) is 3.97. The monoisotopic (exact) mass is 337 g/mol. The van der Waals surface area contributed by atoms with Crippen molar-refractivity contribution < 1.29 is 4.79 Å². The second-order valence-corrected chi connectivity index (χ2v) is 7.05. The maximum atomic E-state index is 11.9. The summed E-state index contributed by atoms with van der Waals surface area (Å²) < 4.78 is 1.17. The van der Waals surface area contributed by atoms with Gasteiger partial charge in [0.2, 0.25) is 5.91 Å². The van der Waals surface area contributed by atoms with Crippen molar-refractivity contribution in [3.8, 4) is 0 Å². The first-order chi connectivity index (χ1) is 10.6. The van der Waals surface area contributed by atoms with Crippen LogP contribution >= 0.6 is 22.9 Å². The number of carbonyl (C=O) groups is 1. The summed E-state index contributed by atoms with van der Waals surface area (Å²) in [4.78, 5) is 20.9. The van der Waals surface area contributed by atoms with Crippen molar-refractivity contribution in [2.75, 3.05) is 31.1 Å². The molecule has 0 N–H and O–H groups in total. The van der Waals surface area contributed by atoms with Crippen molar-refractivity contribution in [3.63, 3.8) is 0 Å². The number of hydrogen-bond donors (Lipinski definition) is 0. The van der Waals surface area contributed by atoms with E-state index in [9.17, 15) is 4.79 Å². The molecule has 0 aliphatic carbocycles. The van der Waals surface area contributed by atoms with Gasteiger partial charge in [-0.1, -0.05) is 29.9 Å². The van der Waals surface area contributed by atoms with E-state index >= 15 is 0 Å². The number of halogens is 1. The number of fused-ring (bicyclic) bond motifs is 1. The number of rotatable bonds is 3. The molecule has 1 saturated heterocycles. The quantitative estimate of drug-likeness (QED) is 0.856. The van der Waals surface area contributed by atoms with Crippen LogP contribution in [0.1, 0.15) is 25.3 Å². The van der Waals surface area contributed by atoms with Crippen LogP contribution in [-0.4, -0.2) is 42.0 Å². The molecule has 0 unspecified atom stereocenters. The van der Waals surface area contributed by atoms with Gasteiger partial charge in [-0.15, -0.1) is 0 Å². The van der Waals surface area contributed by atoms with E-state index in [0.717, 1.165) is 53.8 Å². The molecule has 118 valence electrons. The molecule has 0 atom stereocenters. The third-order valence-electron chi connectivity index (χ3n) is 4.10. The fourth-order valence-electron chi connectivity index (χ4n) is 2.74. The predicted molar refractivity (Wildman–Crippen MR) is 93.1 cm³/mol. The molecule has 6 heteroatoms. The Labute approximate surface area is 139 Å². The number of aryl methyl sites for hydroxylation is 1. The number of carbonyl (C=O) groups excluding carboxylic acids is 1. The molecule has 1 aromatic heterocycles. The van der Waals surface area contributed by atoms with Crippen LogP contribution in [0.3, 0.4) is 0 Å². The third-order valence-corrected chi connectivity index (χ3v) is 5.59. The van der Waals surface area contributed by atoms with Gasteiger partial charge in [-0.2, -0.15) is 0 Å². The number of hydrogen-bond acceptors (Lipinski definition) is 4. The van der Waals surface area contributed by atoms with Crippen LogP contribution in [-0.2, 0) is 4.79 Å². The molecular formula is C16H20ClN3OS. The van der Waals surface area contributed by atoms with E-state index in [1.54, 1.807) is 11.3 Å². The molecular weight excluding hydrogens is 318 g/mol. The summed E-state index contributed by atoms with van der Waals surface area (Å²) in [5.41, 5.74) is 2.04. The molecule has 2 heterocycles. The lowest BCUT2D eigenvalue weighted by molar-refractivity contribution is -0.131. The van der Waals surface area contributed by atoms with Gasteiger partial charge in [0.15, 0.2) is 5.13 Å². The summed E-state index contributed by atoms with van der Waals surface area (Å²) >= 11 is 7.87. The zero-order valence-electron chi connectivity index (χ0n) is 12.9. The Bertz CT molecular complexity index is 692. The molecule has 1 amide bonds. The molecule has 22 heavy (non-hydrogen) atoms. The van der Waals surface area contributed by atoms with Gasteiger partial charge in [0, 0.05) is 37.6 Å². The first-order valence-electron chi connectivity index (χ1n) is 7.68. The highest BCUT2D eigenvalue weighted by Gasteiger charge is 2.22. The van der Waals surface area contributed by atoms with E-state index in [1.165, 1.54) is 4.70 Å². The van der Waals surface area contributed by atoms with Crippen LogP contribution in [0.2, 0.25) is 5.02 Å². The molecule has 1 aromatic carbocycles. The maximum Gasteiger partial charge on any atom is 0.222 e. The molecule has 4 nitrogen and oxygen atoms in total. The highest BCUT2D eigenvalue weighted by molar-refractivity contribution is 7.22. The number of aromatic nitrogens is 1. The Hall–Kier alpha value is -1.33. The molecule has 1 aliphatic heterocycles. The van der Waals surface area contributed by atoms with E-state index in [1.807, 2.05) is 30.9 Å². The van der Waals surface area contributed by atoms with Crippen molar-refractivity contribution in [2.45, 2.75) is 26.7 Å². The fraction of sp³-hybridized carbons (Fsp3) is 0.500. The summed E-state index contributed by atoms with van der Waals surface area (Å²) in [6.45, 7) is 7.32. The highest BCUT2D eigenvalue weighted by atomic mass is 35.5. The number of nitrogens with zero attached hydrogens (tertiary/aromatic N) is 3. The standard InChI is InChI=1S/C16H20ClN3OS/c1-3-4-14(21)19-7-9-20(10-8-19)16-18-15-11(2)12(17)5-6-13(15)22-16/h5-6H,3-4,7-10H2,1-2H3. The van der Waals surface area contributed by atoms with Crippen molar-refractivity contribution >= 4 is 44.2 Å². The van der Waals surface area contributed by atoms with Gasteiger partial charge in [0.05, 0.1) is 10.2 Å².